The van der Waals surface area contributed by atoms with Gasteiger partial charge in [0.25, 0.3) is 0 Å². The van der Waals surface area contributed by atoms with E-state index in [0.717, 1.165) is 42.5 Å². The lowest BCUT2D eigenvalue weighted by molar-refractivity contribution is -0.131. The highest BCUT2D eigenvalue weighted by Gasteiger charge is 2.61. The van der Waals surface area contributed by atoms with Gasteiger partial charge in [-0.05, 0) is 66.9 Å². The Kier molecular flexibility index (Phi) is 6.64. The van der Waals surface area contributed by atoms with Crippen molar-refractivity contribution < 1.29 is 18.7 Å². The van der Waals surface area contributed by atoms with Crippen LogP contribution in [0.25, 0.3) is 0 Å². The van der Waals surface area contributed by atoms with Crippen LogP contribution in [0.15, 0.2) is 60.7 Å². The number of hydrogen-bond donors (Lipinski definition) is 2. The number of hydrogen-bond acceptors (Lipinski definition) is 4. The predicted octanol–water partition coefficient (Wildman–Crippen LogP) is 3.45. The van der Waals surface area contributed by atoms with Crippen LogP contribution in [0.1, 0.15) is 47.9 Å². The van der Waals surface area contributed by atoms with Gasteiger partial charge in [-0.2, -0.15) is 0 Å². The number of piperidine rings is 2. The van der Waals surface area contributed by atoms with E-state index < -0.39 is 23.2 Å². The van der Waals surface area contributed by atoms with Gasteiger partial charge in [0.2, 0.25) is 11.8 Å². The summed E-state index contributed by atoms with van der Waals surface area (Å²) < 4.78 is 21.1. The fourth-order valence-corrected chi connectivity index (χ4v) is 6.73. The molecule has 0 aliphatic carbocycles. The first-order valence-corrected chi connectivity index (χ1v) is 13.8. The minimum Gasteiger partial charge on any atom is -0.490 e. The fourth-order valence-electron chi connectivity index (χ4n) is 6.56. The molecule has 1 spiro atoms. The highest BCUT2D eigenvalue weighted by Crippen LogP contribution is 2.58. The molecule has 2 amide bonds. The van der Waals surface area contributed by atoms with Gasteiger partial charge < -0.3 is 20.3 Å². The van der Waals surface area contributed by atoms with Crippen LogP contribution in [0.2, 0.25) is 5.02 Å². The van der Waals surface area contributed by atoms with Crippen molar-refractivity contribution in [2.45, 2.75) is 42.7 Å². The van der Waals surface area contributed by atoms with Gasteiger partial charge in [-0.15, -0.1) is 0 Å². The zero-order chi connectivity index (χ0) is 27.3. The second-order valence-corrected chi connectivity index (χ2v) is 11.4. The summed E-state index contributed by atoms with van der Waals surface area (Å²) in [5.41, 5.74) is 2.40. The molecular formula is C30H30BClFN3O3. The van der Waals surface area contributed by atoms with Gasteiger partial charge in [0.1, 0.15) is 30.9 Å². The normalized spacial score (nSPS) is 25.3. The second kappa shape index (κ2) is 9.99. The summed E-state index contributed by atoms with van der Waals surface area (Å²) in [5.74, 6) is -0.784. The molecule has 0 bridgehead atoms. The molecule has 3 aliphatic rings. The zero-order valence-corrected chi connectivity index (χ0v) is 22.7. The number of carbonyl (C=O) groups is 2. The number of fused-ring (bicyclic) bond motifs is 2. The average Bonchev–Trinajstić information content (AvgIpc) is 3.18. The molecule has 0 radical (unpaired) electrons. The highest BCUT2D eigenvalue weighted by atomic mass is 35.5. The molecule has 3 aliphatic heterocycles. The van der Waals surface area contributed by atoms with E-state index in [4.69, 9.17) is 16.3 Å². The number of benzene rings is 3. The number of amides is 2. The Morgan fingerprint density at radius 2 is 1.87 bits per heavy atom. The lowest BCUT2D eigenvalue weighted by Gasteiger charge is -2.47. The van der Waals surface area contributed by atoms with Crippen molar-refractivity contribution in [1.82, 2.24) is 10.2 Å². The molecule has 39 heavy (non-hydrogen) atoms. The number of ether oxygens (including phenoxy) is 1. The van der Waals surface area contributed by atoms with Gasteiger partial charge >= 0.3 is 0 Å². The van der Waals surface area contributed by atoms with Gasteiger partial charge in [-0.1, -0.05) is 47.4 Å². The summed E-state index contributed by atoms with van der Waals surface area (Å²) in [6, 6.07) is 16.6. The summed E-state index contributed by atoms with van der Waals surface area (Å²) in [4.78, 5) is 29.9. The van der Waals surface area contributed by atoms with Crippen molar-refractivity contribution in [3.63, 3.8) is 0 Å². The monoisotopic (exact) mass is 545 g/mol. The molecule has 9 heteroatoms. The molecule has 3 aromatic carbocycles. The van der Waals surface area contributed by atoms with Gasteiger partial charge in [-0.25, -0.2) is 4.39 Å². The average molecular weight is 546 g/mol. The molecule has 6 nitrogen and oxygen atoms in total. The number of halogens is 2. The van der Waals surface area contributed by atoms with E-state index in [0.29, 0.717) is 22.0 Å². The van der Waals surface area contributed by atoms with Gasteiger partial charge in [0.05, 0.1) is 6.04 Å². The first-order chi connectivity index (χ1) is 18.8. The van der Waals surface area contributed by atoms with Crippen molar-refractivity contribution in [2.24, 2.45) is 0 Å². The molecule has 3 heterocycles. The van der Waals surface area contributed by atoms with Crippen LogP contribution in [-0.4, -0.2) is 50.8 Å². The van der Waals surface area contributed by atoms with Gasteiger partial charge in [-0.3, -0.25) is 9.59 Å². The maximum Gasteiger partial charge on any atom is 0.238 e. The summed E-state index contributed by atoms with van der Waals surface area (Å²) in [7, 11) is 4.10. The summed E-state index contributed by atoms with van der Waals surface area (Å²) in [5, 5.41) is 6.58. The number of likely N-dealkylation sites (tertiary alicyclic amines) is 1. The molecule has 3 aromatic rings. The Morgan fingerprint density at radius 3 is 2.64 bits per heavy atom. The molecule has 0 aromatic heterocycles. The Bertz CT molecular complexity index is 1460. The van der Waals surface area contributed by atoms with E-state index in [1.807, 2.05) is 32.1 Å². The highest BCUT2D eigenvalue weighted by molar-refractivity contribution is 6.32. The molecule has 2 N–H and O–H groups in total. The van der Waals surface area contributed by atoms with E-state index in [1.54, 1.807) is 24.3 Å². The standard InChI is InChI=1S/C30H30BClFN3O3/c1-36-11-9-21(10-12-36)39-26-8-5-18(31)14-22(26)24-16-27(37)35-28(17-3-2-4-20(33)13-17)30(24)23-7-6-19(32)15-25(23)34-29(30)38/h2-8,13-15,21,24,28H,9-12,16,31H2,1H3,(H,34,38)(H,35,37)/t24-,28+,30-/m1/s1. The van der Waals surface area contributed by atoms with Crippen LogP contribution in [0.4, 0.5) is 10.1 Å². The number of carbonyl (C=O) groups excluding carboxylic acids is 2. The van der Waals surface area contributed by atoms with Crippen molar-refractivity contribution in [2.75, 3.05) is 25.5 Å². The molecule has 200 valence electrons. The van der Waals surface area contributed by atoms with Crippen LogP contribution in [0.3, 0.4) is 0 Å². The maximum absolute atomic E-state index is 14.5. The zero-order valence-electron chi connectivity index (χ0n) is 22.0. The largest absolute Gasteiger partial charge is 0.490 e. The number of nitrogens with one attached hydrogen (secondary N) is 2. The molecule has 2 fully saturated rings. The molecule has 0 saturated carbocycles. The Balaban J connectivity index is 1.55. The molecule has 6 rings (SSSR count). The first kappa shape index (κ1) is 25.9. The van der Waals surface area contributed by atoms with E-state index in [2.05, 4.69) is 22.6 Å². The summed E-state index contributed by atoms with van der Waals surface area (Å²) in [6.45, 7) is 1.89. The Labute approximate surface area is 233 Å². The molecule has 2 saturated heterocycles. The van der Waals surface area contributed by atoms with E-state index >= 15 is 0 Å². The van der Waals surface area contributed by atoms with Gasteiger partial charge in [0.15, 0.2) is 0 Å². The van der Waals surface area contributed by atoms with Crippen LogP contribution in [0, 0.1) is 5.82 Å². The Hall–Kier alpha value is -3.36. The quantitative estimate of drug-likeness (QED) is 0.493. The van der Waals surface area contributed by atoms with E-state index in [-0.39, 0.29) is 24.3 Å². The second-order valence-electron chi connectivity index (χ2n) is 11.0. The summed E-state index contributed by atoms with van der Waals surface area (Å²) in [6.07, 6.45) is 1.91. The smallest absolute Gasteiger partial charge is 0.238 e. The SMILES string of the molecule is Bc1ccc(OC2CCN(C)CC2)c([C@H]2CC(=O)N[C@@H](c3cccc(F)c3)[C@]23C(=O)Nc2cc(Cl)ccc23)c1. The third kappa shape index (κ3) is 4.49. The van der Waals surface area contributed by atoms with Crippen LogP contribution < -0.4 is 20.8 Å². The number of rotatable bonds is 4. The lowest BCUT2D eigenvalue weighted by Crippen LogP contribution is -2.57. The molecule has 3 atom stereocenters. The van der Waals surface area contributed by atoms with Crippen LogP contribution >= 0.6 is 11.6 Å². The van der Waals surface area contributed by atoms with Gasteiger partial charge in [0, 0.05) is 36.1 Å². The van der Waals surface area contributed by atoms with Crippen molar-refractivity contribution in [3.05, 3.63) is 88.2 Å². The molecule has 0 unspecified atom stereocenters. The van der Waals surface area contributed by atoms with E-state index in [1.165, 1.54) is 12.1 Å². The topological polar surface area (TPSA) is 70.7 Å². The minimum atomic E-state index is -1.25. The Morgan fingerprint density at radius 1 is 1.08 bits per heavy atom. The maximum atomic E-state index is 14.5. The van der Waals surface area contributed by atoms with Crippen molar-refractivity contribution in [1.29, 1.82) is 0 Å². The van der Waals surface area contributed by atoms with E-state index in [9.17, 15) is 14.0 Å². The first-order valence-electron chi connectivity index (χ1n) is 13.4. The minimum absolute atomic E-state index is 0.0403. The third-order valence-electron chi connectivity index (χ3n) is 8.43. The van der Waals surface area contributed by atoms with Crippen LogP contribution in [-0.2, 0) is 15.0 Å². The lowest BCUT2D eigenvalue weighted by atomic mass is 9.59. The number of anilines is 1. The molecular weight excluding hydrogens is 516 g/mol. The number of nitrogens with zero attached hydrogens (tertiary/aromatic N) is 1. The fraction of sp³-hybridized carbons (Fsp3) is 0.333. The van der Waals surface area contributed by atoms with Crippen LogP contribution in [0.5, 0.6) is 5.75 Å². The third-order valence-corrected chi connectivity index (χ3v) is 8.67. The van der Waals surface area contributed by atoms with Crippen molar-refractivity contribution in [3.8, 4) is 5.75 Å². The predicted molar refractivity (Wildman–Crippen MR) is 152 cm³/mol. The summed E-state index contributed by atoms with van der Waals surface area (Å²) >= 11 is 6.32. The van der Waals surface area contributed by atoms with Crippen molar-refractivity contribution >= 4 is 42.4 Å².